The van der Waals surface area contributed by atoms with Gasteiger partial charge in [-0.05, 0) is 4.92 Å². The second kappa shape index (κ2) is 2.86. The minimum Gasteiger partial charge on any atom is -0.358 e. The molecule has 0 bridgehead atoms. The largest absolute Gasteiger partial charge is 0.447 e. The van der Waals surface area contributed by atoms with Crippen molar-refractivity contribution < 1.29 is 9.48 Å². The van der Waals surface area contributed by atoms with E-state index in [1.807, 2.05) is 0 Å². The van der Waals surface area contributed by atoms with Crippen molar-refractivity contribution in [2.45, 2.75) is 11.7 Å². The van der Waals surface area contributed by atoms with Crippen molar-refractivity contribution in [3.05, 3.63) is 15.3 Å². The summed E-state index contributed by atoms with van der Waals surface area (Å²) in [5.41, 5.74) is 0. The minimum atomic E-state index is -0.991. The summed E-state index contributed by atoms with van der Waals surface area (Å²) in [6, 6.07) is 0. The van der Waals surface area contributed by atoms with Crippen molar-refractivity contribution in [2.75, 3.05) is 5.75 Å². The van der Waals surface area contributed by atoms with Crippen molar-refractivity contribution in [1.82, 2.24) is 9.55 Å². The number of halogens is 1. The van der Waals surface area contributed by atoms with Gasteiger partial charge in [0.25, 0.3) is 0 Å². The average molecular weight is 223 g/mol. The molecule has 13 heavy (non-hydrogen) atoms. The third-order valence-corrected chi connectivity index (χ3v) is 3.31. The fraction of sp³-hybridized carbons (Fsp3) is 0.400. The number of fused-ring (bicyclic) bond motifs is 1. The van der Waals surface area contributed by atoms with Crippen LogP contribution in [0, 0.1) is 10.1 Å². The van der Waals surface area contributed by atoms with Crippen LogP contribution in [0.2, 0.25) is 5.15 Å². The van der Waals surface area contributed by atoms with Crippen LogP contribution in [-0.4, -0.2) is 24.8 Å². The van der Waals surface area contributed by atoms with Gasteiger partial charge in [0.1, 0.15) is 6.54 Å². The Hall–Kier alpha value is -0.790. The topological polar surface area (TPSA) is 81.2 Å². The maximum atomic E-state index is 10.5. The summed E-state index contributed by atoms with van der Waals surface area (Å²) >= 11 is 4.55. The van der Waals surface area contributed by atoms with Gasteiger partial charge in [-0.1, -0.05) is 11.6 Å². The third-order valence-electron chi connectivity index (χ3n) is 1.76. The van der Waals surface area contributed by atoms with Crippen LogP contribution in [0.4, 0.5) is 5.82 Å². The molecular weight excluding hydrogens is 218 g/mol. The number of hydrogen-bond acceptors (Lipinski definition) is 4. The molecule has 1 aromatic heterocycles. The van der Waals surface area contributed by atoms with E-state index in [0.29, 0.717) is 17.5 Å². The maximum Gasteiger partial charge on any atom is 0.447 e. The van der Waals surface area contributed by atoms with Crippen LogP contribution < -0.4 is 0 Å². The van der Waals surface area contributed by atoms with Crippen LogP contribution in [0.15, 0.2) is 5.16 Å². The predicted octanol–water partition coefficient (Wildman–Crippen LogP) is 0.908. The Morgan fingerprint density at radius 1 is 1.77 bits per heavy atom. The van der Waals surface area contributed by atoms with Crippen molar-refractivity contribution >= 4 is 28.6 Å². The molecule has 0 radical (unpaired) electrons. The van der Waals surface area contributed by atoms with Crippen LogP contribution in [0.1, 0.15) is 0 Å². The third kappa shape index (κ3) is 1.19. The monoisotopic (exact) mass is 222 g/mol. The molecule has 0 saturated heterocycles. The van der Waals surface area contributed by atoms with E-state index in [1.54, 1.807) is 0 Å². The lowest BCUT2D eigenvalue weighted by Crippen LogP contribution is -2.00. The summed E-state index contributed by atoms with van der Waals surface area (Å²) in [4.78, 5) is 13.7. The van der Waals surface area contributed by atoms with Gasteiger partial charge < -0.3 is 10.1 Å². The summed E-state index contributed by atoms with van der Waals surface area (Å²) in [5.74, 6) is 0.265. The normalized spacial score (nSPS) is 20.3. The molecule has 2 rings (SSSR count). The number of hydrogen-bond donors (Lipinski definition) is 1. The molecule has 0 amide bonds. The fourth-order valence-corrected chi connectivity index (χ4v) is 2.69. The van der Waals surface area contributed by atoms with Crippen molar-refractivity contribution in [3.63, 3.8) is 0 Å². The number of imidazole rings is 1. The van der Waals surface area contributed by atoms with Gasteiger partial charge >= 0.3 is 11.0 Å². The van der Waals surface area contributed by atoms with Gasteiger partial charge in [0.2, 0.25) is 16.3 Å². The molecule has 0 spiro atoms. The minimum absolute atomic E-state index is 0.147. The zero-order chi connectivity index (χ0) is 9.59. The van der Waals surface area contributed by atoms with E-state index >= 15 is 0 Å². The van der Waals surface area contributed by atoms with Gasteiger partial charge in [-0.2, -0.15) is 9.12 Å². The molecule has 1 N–H and O–H groups in total. The lowest BCUT2D eigenvalue weighted by molar-refractivity contribution is -0.392. The zero-order valence-electron chi connectivity index (χ0n) is 6.31. The number of rotatable bonds is 1. The standard InChI is InChI=1S/C5H5ClN3O3S/c6-3-4(9(10)11)8-1-2-13(12)5(8)7-3/h12H,1-2H2/q+1. The van der Waals surface area contributed by atoms with E-state index in [2.05, 4.69) is 4.98 Å². The predicted molar refractivity (Wildman–Crippen MR) is 47.0 cm³/mol. The molecule has 8 heteroatoms. The lowest BCUT2D eigenvalue weighted by atomic mass is 10.6. The van der Waals surface area contributed by atoms with Crippen molar-refractivity contribution in [3.8, 4) is 0 Å². The highest BCUT2D eigenvalue weighted by Gasteiger charge is 2.44. The molecule has 1 atom stereocenters. The Bertz CT molecular complexity index is 379. The zero-order valence-corrected chi connectivity index (χ0v) is 7.88. The first-order valence-corrected chi connectivity index (χ1v) is 5.14. The first kappa shape index (κ1) is 8.79. The van der Waals surface area contributed by atoms with Crippen LogP contribution >= 0.6 is 11.6 Å². The lowest BCUT2D eigenvalue weighted by Gasteiger charge is -1.92. The summed E-state index contributed by atoms with van der Waals surface area (Å²) in [7, 11) is 0. The molecule has 1 aliphatic heterocycles. The molecule has 0 fully saturated rings. The van der Waals surface area contributed by atoms with E-state index in [-0.39, 0.29) is 11.0 Å². The van der Waals surface area contributed by atoms with Gasteiger partial charge in [0.05, 0.1) is 0 Å². The summed E-state index contributed by atoms with van der Waals surface area (Å²) in [5, 5.41) is 10.7. The van der Waals surface area contributed by atoms with Gasteiger partial charge in [-0.15, -0.1) is 4.98 Å². The quantitative estimate of drug-likeness (QED) is 0.435. The second-order valence-electron chi connectivity index (χ2n) is 2.49. The van der Waals surface area contributed by atoms with Gasteiger partial charge in [-0.25, -0.2) is 0 Å². The smallest absolute Gasteiger partial charge is 0.358 e. The van der Waals surface area contributed by atoms with Crippen molar-refractivity contribution in [2.24, 2.45) is 0 Å². The summed E-state index contributed by atoms with van der Waals surface area (Å²) < 4.78 is 10.7. The van der Waals surface area contributed by atoms with Gasteiger partial charge in [-0.3, -0.25) is 0 Å². The van der Waals surface area contributed by atoms with Crippen LogP contribution in [0.25, 0.3) is 0 Å². The van der Waals surface area contributed by atoms with E-state index in [4.69, 9.17) is 11.6 Å². The van der Waals surface area contributed by atoms with Gasteiger partial charge in [0, 0.05) is 0 Å². The van der Waals surface area contributed by atoms with E-state index in [9.17, 15) is 14.7 Å². The molecule has 1 aromatic rings. The first-order chi connectivity index (χ1) is 6.11. The van der Waals surface area contributed by atoms with Crippen LogP contribution in [-0.2, 0) is 17.7 Å². The van der Waals surface area contributed by atoms with E-state index in [1.165, 1.54) is 4.57 Å². The van der Waals surface area contributed by atoms with Crippen molar-refractivity contribution in [1.29, 1.82) is 0 Å². The highest BCUT2D eigenvalue weighted by Crippen LogP contribution is 2.31. The van der Waals surface area contributed by atoms with E-state index in [0.717, 1.165) is 0 Å². The van der Waals surface area contributed by atoms with Crippen LogP contribution in [0.5, 0.6) is 0 Å². The van der Waals surface area contributed by atoms with Crippen LogP contribution in [0.3, 0.4) is 0 Å². The Labute approximate surface area is 80.8 Å². The molecule has 0 saturated carbocycles. The molecule has 0 aliphatic carbocycles. The molecule has 1 unspecified atom stereocenters. The number of aromatic nitrogens is 2. The maximum absolute atomic E-state index is 10.5. The first-order valence-electron chi connectivity index (χ1n) is 3.41. The molecule has 2 heterocycles. The Balaban J connectivity index is 2.59. The van der Waals surface area contributed by atoms with Gasteiger partial charge in [0.15, 0.2) is 5.75 Å². The van der Waals surface area contributed by atoms with E-state index < -0.39 is 16.1 Å². The second-order valence-corrected chi connectivity index (χ2v) is 4.35. The molecular formula is C5H5ClN3O3S+. The molecule has 0 aromatic carbocycles. The Morgan fingerprint density at radius 3 is 3.08 bits per heavy atom. The number of nitro groups is 1. The number of nitrogens with zero attached hydrogens (tertiary/aromatic N) is 3. The molecule has 1 aliphatic rings. The Kier molecular flexibility index (Phi) is 1.94. The highest BCUT2D eigenvalue weighted by molar-refractivity contribution is 7.91. The summed E-state index contributed by atoms with van der Waals surface area (Å²) in [6.45, 7) is 0.408. The average Bonchev–Trinajstić information content (AvgIpc) is 2.51. The summed E-state index contributed by atoms with van der Waals surface area (Å²) in [6.07, 6.45) is 0. The highest BCUT2D eigenvalue weighted by atomic mass is 35.5. The Morgan fingerprint density at radius 2 is 2.46 bits per heavy atom. The molecule has 6 nitrogen and oxygen atoms in total. The fourth-order valence-electron chi connectivity index (χ4n) is 1.22. The SMILES string of the molecule is O=[N+]([O-])c1c(Cl)nc2n1CC[S+]2O. The molecule has 70 valence electrons.